The van der Waals surface area contributed by atoms with E-state index in [1.165, 1.54) is 12.3 Å². The molecule has 2 aromatic heterocycles. The maximum absolute atomic E-state index is 14.3. The number of hydrogen-bond acceptors (Lipinski definition) is 6. The van der Waals surface area contributed by atoms with Crippen molar-refractivity contribution in [1.29, 1.82) is 0 Å². The molecule has 37 heavy (non-hydrogen) atoms. The summed E-state index contributed by atoms with van der Waals surface area (Å²) in [5.41, 5.74) is 0.672. The lowest BCUT2D eigenvalue weighted by molar-refractivity contribution is -0.0456. The van der Waals surface area contributed by atoms with Crippen LogP contribution in [-0.2, 0) is 9.16 Å². The monoisotopic (exact) mass is 590 g/mol. The predicted molar refractivity (Wildman–Crippen MR) is 146 cm³/mol. The van der Waals surface area contributed by atoms with Gasteiger partial charge in [-0.3, -0.25) is 4.98 Å². The van der Waals surface area contributed by atoms with Gasteiger partial charge in [0.15, 0.2) is 26.5 Å². The predicted octanol–water partition coefficient (Wildman–Crippen LogP) is 7.55. The molecule has 1 aromatic carbocycles. The van der Waals surface area contributed by atoms with Crippen molar-refractivity contribution in [3.63, 3.8) is 0 Å². The summed E-state index contributed by atoms with van der Waals surface area (Å²) in [5.74, 6) is 0.936. The fraction of sp³-hybridized carbons (Fsp3) is 0.519. The van der Waals surface area contributed by atoms with Gasteiger partial charge in [-0.1, -0.05) is 39.0 Å². The van der Waals surface area contributed by atoms with Gasteiger partial charge in [-0.2, -0.15) is 0 Å². The number of aromatic nitrogens is 4. The van der Waals surface area contributed by atoms with Gasteiger partial charge in [-0.05, 0) is 71.5 Å². The number of para-hydroxylation sites is 1. The Balaban J connectivity index is 1.75. The summed E-state index contributed by atoms with van der Waals surface area (Å²) in [5, 5.41) is 4.58. The van der Waals surface area contributed by atoms with E-state index in [0.29, 0.717) is 34.9 Å². The molecule has 0 radical (unpaired) electrons. The summed E-state index contributed by atoms with van der Waals surface area (Å²) in [4.78, 5) is 8.84. The molecule has 3 atom stereocenters. The van der Waals surface area contributed by atoms with Crippen molar-refractivity contribution in [2.45, 2.75) is 83.0 Å². The van der Waals surface area contributed by atoms with Crippen molar-refractivity contribution in [2.24, 2.45) is 0 Å². The van der Waals surface area contributed by atoms with Crippen LogP contribution in [0, 0.1) is 5.82 Å². The second kappa shape index (κ2) is 11.7. The van der Waals surface area contributed by atoms with Crippen molar-refractivity contribution in [1.82, 2.24) is 19.7 Å². The minimum Gasteiger partial charge on any atom is -0.482 e. The SMILES string of the molecule is CC(C)(C)[Si](C)(C)OC(CC(Oc1ccccc1)c1nc(Br)nn1C1CCCCO1)c1cncc(F)c1. The maximum atomic E-state index is 14.3. The molecular weight excluding hydrogens is 555 g/mol. The third-order valence-corrected chi connectivity index (χ3v) is 12.0. The Hall–Kier alpha value is -2.14. The highest BCUT2D eigenvalue weighted by atomic mass is 79.9. The van der Waals surface area contributed by atoms with Gasteiger partial charge in [0.25, 0.3) is 0 Å². The number of rotatable bonds is 9. The molecule has 0 aliphatic carbocycles. The zero-order chi connectivity index (χ0) is 26.6. The van der Waals surface area contributed by atoms with Gasteiger partial charge in [0.1, 0.15) is 11.6 Å². The average molecular weight is 592 g/mol. The standard InChI is InChI=1S/C27H36BrFN4O3Si/c1-27(2,3)37(4,5)36-22(19-15-20(29)18-30-17-19)16-23(35-21-11-7-6-8-12-21)25-31-26(28)32-33(25)24-13-9-10-14-34-24/h6-8,11-12,15,17-18,22-24H,9-10,13-14,16H2,1-5H3. The van der Waals surface area contributed by atoms with Crippen LogP contribution in [0.25, 0.3) is 0 Å². The average Bonchev–Trinajstić information content (AvgIpc) is 3.25. The van der Waals surface area contributed by atoms with E-state index >= 15 is 0 Å². The Labute approximate surface area is 228 Å². The Bertz CT molecular complexity index is 1170. The molecule has 1 aliphatic heterocycles. The van der Waals surface area contributed by atoms with E-state index in [0.717, 1.165) is 19.3 Å². The summed E-state index contributed by atoms with van der Waals surface area (Å²) in [6.07, 6.45) is 4.98. The van der Waals surface area contributed by atoms with Crippen LogP contribution in [0.4, 0.5) is 4.39 Å². The molecule has 3 aromatic rings. The topological polar surface area (TPSA) is 71.3 Å². The highest BCUT2D eigenvalue weighted by molar-refractivity contribution is 9.10. The molecule has 4 rings (SSSR count). The zero-order valence-corrected chi connectivity index (χ0v) is 24.7. The first kappa shape index (κ1) is 27.9. The van der Waals surface area contributed by atoms with Gasteiger partial charge >= 0.3 is 0 Å². The van der Waals surface area contributed by atoms with Crippen LogP contribution in [0.15, 0.2) is 53.5 Å². The van der Waals surface area contributed by atoms with Crippen LogP contribution in [-0.4, -0.2) is 34.7 Å². The van der Waals surface area contributed by atoms with E-state index in [9.17, 15) is 4.39 Å². The van der Waals surface area contributed by atoms with Crippen LogP contribution in [0.5, 0.6) is 5.75 Å². The molecule has 1 saturated heterocycles. The molecule has 7 nitrogen and oxygen atoms in total. The van der Waals surface area contributed by atoms with Gasteiger partial charge in [0, 0.05) is 24.8 Å². The largest absolute Gasteiger partial charge is 0.482 e. The Morgan fingerprint density at radius 3 is 2.57 bits per heavy atom. The second-order valence-electron chi connectivity index (χ2n) is 11.0. The Morgan fingerprint density at radius 2 is 1.92 bits per heavy atom. The zero-order valence-electron chi connectivity index (χ0n) is 22.2. The van der Waals surface area contributed by atoms with E-state index in [4.69, 9.17) is 18.9 Å². The highest BCUT2D eigenvalue weighted by Gasteiger charge is 2.41. The number of nitrogens with zero attached hydrogens (tertiary/aromatic N) is 4. The maximum Gasteiger partial charge on any atom is 0.217 e. The molecule has 10 heteroatoms. The fourth-order valence-corrected chi connectivity index (χ4v) is 5.76. The fourth-order valence-electron chi connectivity index (χ4n) is 4.11. The first-order valence-electron chi connectivity index (χ1n) is 12.8. The van der Waals surface area contributed by atoms with Gasteiger partial charge in [0.05, 0.1) is 12.3 Å². The van der Waals surface area contributed by atoms with Crippen molar-refractivity contribution >= 4 is 24.2 Å². The van der Waals surface area contributed by atoms with Crippen LogP contribution in [0.3, 0.4) is 0 Å². The minimum absolute atomic E-state index is 0.0409. The molecule has 0 saturated carbocycles. The lowest BCUT2D eigenvalue weighted by Gasteiger charge is -2.40. The van der Waals surface area contributed by atoms with Crippen LogP contribution in [0.1, 0.15) is 76.3 Å². The normalized spacial score (nSPS) is 18.4. The van der Waals surface area contributed by atoms with Crippen molar-refractivity contribution < 1.29 is 18.3 Å². The summed E-state index contributed by atoms with van der Waals surface area (Å²) in [6, 6.07) is 11.1. The highest BCUT2D eigenvalue weighted by Crippen LogP contribution is 2.43. The number of hydrogen-bond donors (Lipinski definition) is 0. The van der Waals surface area contributed by atoms with E-state index < -0.39 is 26.3 Å². The molecule has 1 fully saturated rings. The summed E-state index contributed by atoms with van der Waals surface area (Å²) < 4.78 is 36.1. The third kappa shape index (κ3) is 7.04. The second-order valence-corrected chi connectivity index (χ2v) is 16.4. The molecule has 1 aliphatic rings. The molecular formula is C27H36BrFN4O3Si. The quantitative estimate of drug-likeness (QED) is 0.240. The first-order valence-corrected chi connectivity index (χ1v) is 16.5. The first-order chi connectivity index (χ1) is 17.5. The van der Waals surface area contributed by atoms with Crippen molar-refractivity contribution in [3.8, 4) is 5.75 Å². The van der Waals surface area contributed by atoms with Gasteiger partial charge in [0.2, 0.25) is 4.73 Å². The van der Waals surface area contributed by atoms with Gasteiger partial charge in [-0.15, -0.1) is 5.10 Å². The number of benzene rings is 1. The molecule has 0 N–H and O–H groups in total. The Kier molecular flexibility index (Phi) is 8.83. The van der Waals surface area contributed by atoms with Crippen LogP contribution < -0.4 is 4.74 Å². The number of ether oxygens (including phenoxy) is 2. The third-order valence-electron chi connectivity index (χ3n) is 7.14. The molecule has 0 spiro atoms. The van der Waals surface area contributed by atoms with E-state index in [1.54, 1.807) is 6.20 Å². The molecule has 0 bridgehead atoms. The van der Waals surface area contributed by atoms with E-state index in [2.05, 4.69) is 59.9 Å². The lowest BCUT2D eigenvalue weighted by Crippen LogP contribution is -2.42. The van der Waals surface area contributed by atoms with Crippen LogP contribution >= 0.6 is 15.9 Å². The Morgan fingerprint density at radius 1 is 1.16 bits per heavy atom. The summed E-state index contributed by atoms with van der Waals surface area (Å²) in [6.45, 7) is 11.6. The van der Waals surface area contributed by atoms with Crippen molar-refractivity contribution in [3.05, 3.63) is 70.7 Å². The summed E-state index contributed by atoms with van der Waals surface area (Å²) in [7, 11) is -2.25. The van der Waals surface area contributed by atoms with E-state index in [-0.39, 0.29) is 11.3 Å². The molecule has 3 unspecified atom stereocenters. The lowest BCUT2D eigenvalue weighted by atomic mass is 10.0. The molecule has 3 heterocycles. The van der Waals surface area contributed by atoms with Gasteiger partial charge in [-0.25, -0.2) is 14.1 Å². The number of pyridine rings is 1. The van der Waals surface area contributed by atoms with Gasteiger partial charge < -0.3 is 13.9 Å². The van der Waals surface area contributed by atoms with E-state index in [1.807, 2.05) is 35.0 Å². The van der Waals surface area contributed by atoms with Crippen LogP contribution in [0.2, 0.25) is 18.1 Å². The molecule has 200 valence electrons. The molecule has 0 amide bonds. The smallest absolute Gasteiger partial charge is 0.217 e. The number of halogens is 2. The summed E-state index contributed by atoms with van der Waals surface area (Å²) >= 11 is 3.46. The van der Waals surface area contributed by atoms with Crippen molar-refractivity contribution in [2.75, 3.05) is 6.61 Å². The minimum atomic E-state index is -2.25.